The number of carbonyl (C=O) groups excluding carboxylic acids is 1. The minimum absolute atomic E-state index is 0.0366. The van der Waals surface area contributed by atoms with Gasteiger partial charge < -0.3 is 29.0 Å². The lowest BCUT2D eigenvalue weighted by atomic mass is 9.72. The Labute approximate surface area is 364 Å². The first kappa shape index (κ1) is 45.3. The van der Waals surface area contributed by atoms with Gasteiger partial charge in [-0.25, -0.2) is 4.79 Å². The molecule has 1 amide bonds. The highest BCUT2D eigenvalue weighted by molar-refractivity contribution is 6.64. The van der Waals surface area contributed by atoms with Gasteiger partial charge in [0, 0.05) is 11.4 Å². The molecule has 5 aromatic carbocycles. The molecule has 2 saturated heterocycles. The molecule has 2 N–H and O–H groups in total. The van der Waals surface area contributed by atoms with Crippen molar-refractivity contribution >= 4 is 80.1 Å². The van der Waals surface area contributed by atoms with E-state index in [1.54, 1.807) is 0 Å². The molecule has 2 fully saturated rings. The number of carboxylic acids is 1. The first-order chi connectivity index (χ1) is 28.1. The lowest BCUT2D eigenvalue weighted by Crippen LogP contribution is -2.41. The lowest BCUT2D eigenvalue weighted by molar-refractivity contribution is 0.00578. The fourth-order valence-electron chi connectivity index (χ4n) is 9.06. The molecule has 0 aromatic heterocycles. The summed E-state index contributed by atoms with van der Waals surface area (Å²) in [5, 5.41) is 21.8. The van der Waals surface area contributed by atoms with Crippen LogP contribution in [0.25, 0.3) is 43.1 Å². The predicted octanol–water partition coefficient (Wildman–Crippen LogP) is 10.9. The van der Waals surface area contributed by atoms with Gasteiger partial charge in [-0.3, -0.25) is 4.79 Å². The highest BCUT2D eigenvalue weighted by atomic mass is 16.7. The monoisotopic (exact) mass is 830 g/mol. The first-order valence-electron chi connectivity index (χ1n) is 22.6. The molecule has 5 aromatic rings. The summed E-state index contributed by atoms with van der Waals surface area (Å²) in [5.74, 6) is -1.25. The topological polar surface area (TPSA) is 103 Å². The van der Waals surface area contributed by atoms with Crippen LogP contribution in [0, 0.1) is 10.8 Å². The number of fused-ring (bicyclic) bond motifs is 2. The van der Waals surface area contributed by atoms with Crippen LogP contribution >= 0.6 is 0 Å². The van der Waals surface area contributed by atoms with E-state index in [4.69, 9.17) is 18.6 Å². The number of hydrogen-bond acceptors (Lipinski definition) is 6. The standard InChI is InChI=1S/C51H69B2NO7/c1-17-34(18-2)54-44(55)40-29(19-21-46(3,4)5)25-35-37-27-32(52-58-48(9,10)49(11,12)59-52)23-31-24-33(53-60-50(13,14)51(15,16)61-53)28-38(39(31)37)36-26-30(20-22-47(6,7)8)41(45(56)57)43(40)42(35)36/h23-28,34H,17-22H2,1-16H3,(H,54,55)(H,56,57). The molecule has 61 heavy (non-hydrogen) atoms. The van der Waals surface area contributed by atoms with Crippen LogP contribution in [-0.4, -0.2) is 59.7 Å². The summed E-state index contributed by atoms with van der Waals surface area (Å²) in [6.45, 7) is 33.8. The molecule has 0 aliphatic carbocycles. The van der Waals surface area contributed by atoms with Crippen LogP contribution in [0.5, 0.6) is 0 Å². The number of aromatic carboxylic acids is 1. The molecule has 8 nitrogen and oxygen atoms in total. The van der Waals surface area contributed by atoms with E-state index in [-0.39, 0.29) is 28.3 Å². The molecule has 326 valence electrons. The van der Waals surface area contributed by atoms with Crippen molar-refractivity contribution in [1.29, 1.82) is 0 Å². The normalized spacial score (nSPS) is 18.8. The van der Waals surface area contributed by atoms with E-state index in [2.05, 4.69) is 152 Å². The SMILES string of the molecule is CCC(CC)NC(=O)c1c(CCC(C)(C)C)cc2c3cc(B4OC(C)(C)C(C)(C)O4)cc4cc(B5OC(C)(C)C(C)(C)O5)cc(c5cc(CCC(C)(C)C)c(C(=O)O)c1c52)c43. The van der Waals surface area contributed by atoms with Crippen molar-refractivity contribution in [3.63, 3.8) is 0 Å². The second kappa shape index (κ2) is 15.2. The van der Waals surface area contributed by atoms with Crippen molar-refractivity contribution in [2.75, 3.05) is 0 Å². The van der Waals surface area contributed by atoms with Crippen LogP contribution in [0.3, 0.4) is 0 Å². The summed E-state index contributed by atoms with van der Waals surface area (Å²) >= 11 is 0. The summed E-state index contributed by atoms with van der Waals surface area (Å²) in [4.78, 5) is 29.0. The number of carboxylic acid groups (broad SMARTS) is 1. The zero-order valence-corrected chi connectivity index (χ0v) is 39.8. The van der Waals surface area contributed by atoms with Gasteiger partial charge in [0.15, 0.2) is 0 Å². The quantitative estimate of drug-likeness (QED) is 0.0776. The Morgan fingerprint density at radius 1 is 0.590 bits per heavy atom. The first-order valence-corrected chi connectivity index (χ1v) is 22.6. The highest BCUT2D eigenvalue weighted by Crippen LogP contribution is 2.47. The fraction of sp³-hybridized carbons (Fsp3) is 0.569. The smallest absolute Gasteiger partial charge is 0.478 e. The van der Waals surface area contributed by atoms with Gasteiger partial charge in [0.1, 0.15) is 0 Å². The summed E-state index contributed by atoms with van der Waals surface area (Å²) in [6, 6.07) is 12.9. The van der Waals surface area contributed by atoms with Crippen LogP contribution in [0.2, 0.25) is 0 Å². The molecular formula is C51H69B2NO7. The second-order valence-corrected chi connectivity index (χ2v) is 22.5. The third kappa shape index (κ3) is 8.20. The van der Waals surface area contributed by atoms with Crippen molar-refractivity contribution in [2.45, 2.75) is 178 Å². The third-order valence-electron chi connectivity index (χ3n) is 14.3. The molecule has 0 radical (unpaired) electrons. The van der Waals surface area contributed by atoms with Gasteiger partial charge in [-0.15, -0.1) is 0 Å². The van der Waals surface area contributed by atoms with E-state index in [9.17, 15) is 9.90 Å². The van der Waals surface area contributed by atoms with Crippen LogP contribution in [0.15, 0.2) is 36.4 Å². The van der Waals surface area contributed by atoms with Crippen molar-refractivity contribution in [3.8, 4) is 0 Å². The zero-order chi connectivity index (χ0) is 45.0. The fourth-order valence-corrected chi connectivity index (χ4v) is 9.06. The van der Waals surface area contributed by atoms with Crippen molar-refractivity contribution < 1.29 is 33.3 Å². The molecule has 0 spiro atoms. The van der Waals surface area contributed by atoms with Crippen molar-refractivity contribution in [1.82, 2.24) is 5.32 Å². The van der Waals surface area contributed by atoms with E-state index in [0.29, 0.717) is 23.8 Å². The Morgan fingerprint density at radius 3 is 1.33 bits per heavy atom. The molecule has 0 saturated carbocycles. The third-order valence-corrected chi connectivity index (χ3v) is 14.3. The van der Waals surface area contributed by atoms with Crippen molar-refractivity contribution in [2.24, 2.45) is 10.8 Å². The van der Waals surface area contributed by atoms with E-state index >= 15 is 4.79 Å². The average molecular weight is 830 g/mol. The van der Waals surface area contributed by atoms with Crippen LogP contribution < -0.4 is 16.2 Å². The van der Waals surface area contributed by atoms with Crippen molar-refractivity contribution in [3.05, 3.63) is 58.7 Å². The van der Waals surface area contributed by atoms with Gasteiger partial charge in [-0.1, -0.05) is 79.7 Å². The summed E-state index contributed by atoms with van der Waals surface area (Å²) < 4.78 is 26.8. The molecule has 2 aliphatic rings. The Morgan fingerprint density at radius 2 is 0.967 bits per heavy atom. The van der Waals surface area contributed by atoms with E-state index in [1.807, 2.05) is 0 Å². The Hall–Kier alpha value is -3.69. The average Bonchev–Trinajstić information content (AvgIpc) is 3.51. The predicted molar refractivity (Wildman–Crippen MR) is 253 cm³/mol. The molecule has 10 heteroatoms. The second-order valence-electron chi connectivity index (χ2n) is 22.5. The number of amides is 1. The van der Waals surface area contributed by atoms with Crippen LogP contribution in [-0.2, 0) is 31.5 Å². The van der Waals surface area contributed by atoms with Gasteiger partial charge >= 0.3 is 20.2 Å². The Kier molecular flexibility index (Phi) is 11.3. The molecule has 0 atom stereocenters. The summed E-state index contributed by atoms with van der Waals surface area (Å²) in [7, 11) is -1.29. The lowest BCUT2D eigenvalue weighted by Gasteiger charge is -2.32. The zero-order valence-electron chi connectivity index (χ0n) is 39.8. The number of rotatable bonds is 11. The van der Waals surface area contributed by atoms with Gasteiger partial charge in [-0.05, 0) is 177 Å². The highest BCUT2D eigenvalue weighted by Gasteiger charge is 2.53. The minimum atomic E-state index is -1.03. The minimum Gasteiger partial charge on any atom is -0.478 e. The molecule has 0 unspecified atom stereocenters. The molecule has 2 heterocycles. The maximum atomic E-state index is 15.0. The van der Waals surface area contributed by atoms with Gasteiger partial charge in [0.25, 0.3) is 5.91 Å². The largest absolute Gasteiger partial charge is 0.494 e. The maximum Gasteiger partial charge on any atom is 0.494 e. The van der Waals surface area contributed by atoms with Gasteiger partial charge in [0.05, 0.1) is 33.5 Å². The molecular weight excluding hydrogens is 760 g/mol. The maximum absolute atomic E-state index is 15.0. The number of hydrogen-bond donors (Lipinski definition) is 2. The van der Waals surface area contributed by atoms with E-state index in [1.165, 1.54) is 0 Å². The molecule has 2 aliphatic heterocycles. The number of carbonyl (C=O) groups is 2. The number of benzene rings is 5. The Balaban J connectivity index is 1.69. The van der Waals surface area contributed by atoms with Crippen LogP contribution in [0.4, 0.5) is 0 Å². The molecule has 0 bridgehead atoms. The molecule has 7 rings (SSSR count). The van der Waals surface area contributed by atoms with Crippen LogP contribution in [0.1, 0.15) is 168 Å². The summed E-state index contributed by atoms with van der Waals surface area (Å²) in [6.07, 6.45) is 4.25. The Bertz CT molecular complexity index is 2410. The van der Waals surface area contributed by atoms with E-state index in [0.717, 1.165) is 85.4 Å². The number of nitrogens with one attached hydrogen (secondary N) is 1. The summed E-state index contributed by atoms with van der Waals surface area (Å²) in [5.41, 5.74) is 1.63. The van der Waals surface area contributed by atoms with Gasteiger partial charge in [-0.2, -0.15) is 0 Å². The van der Waals surface area contributed by atoms with E-state index < -0.39 is 42.6 Å². The van der Waals surface area contributed by atoms with Gasteiger partial charge in [0.2, 0.25) is 0 Å². The number of aryl methyl sites for hydroxylation is 2.